The number of halogens is 1. The van der Waals surface area contributed by atoms with E-state index in [4.69, 9.17) is 10.5 Å². The summed E-state index contributed by atoms with van der Waals surface area (Å²) in [5.41, 5.74) is 6.57. The SMILES string of the molecule is CCOC(CN)CN(C)Cc1cccc(F)c1. The number of nitrogens with two attached hydrogens (primary N) is 1. The maximum Gasteiger partial charge on any atom is 0.123 e. The first kappa shape index (κ1) is 14.1. The quantitative estimate of drug-likeness (QED) is 0.787. The lowest BCUT2D eigenvalue weighted by Crippen LogP contribution is -2.36. The van der Waals surface area contributed by atoms with Crippen LogP contribution in [0.2, 0.25) is 0 Å². The van der Waals surface area contributed by atoms with Gasteiger partial charge in [-0.05, 0) is 31.7 Å². The van der Waals surface area contributed by atoms with Crippen molar-refractivity contribution in [3.63, 3.8) is 0 Å². The Hall–Kier alpha value is -0.970. The monoisotopic (exact) mass is 240 g/mol. The number of rotatable bonds is 7. The van der Waals surface area contributed by atoms with Crippen LogP contribution < -0.4 is 5.73 Å². The minimum atomic E-state index is -0.198. The average molecular weight is 240 g/mol. The standard InChI is InChI=1S/C13H21FN2O/c1-3-17-13(8-15)10-16(2)9-11-5-4-6-12(14)7-11/h4-7,13H,3,8-10,15H2,1-2H3. The molecule has 1 aromatic rings. The molecule has 1 atom stereocenters. The van der Waals surface area contributed by atoms with Crippen LogP contribution in [0.4, 0.5) is 4.39 Å². The Morgan fingerprint density at radius 1 is 1.47 bits per heavy atom. The van der Waals surface area contributed by atoms with Gasteiger partial charge in [0.25, 0.3) is 0 Å². The van der Waals surface area contributed by atoms with Crippen molar-refractivity contribution in [2.75, 3.05) is 26.7 Å². The van der Waals surface area contributed by atoms with Crippen molar-refractivity contribution < 1.29 is 9.13 Å². The first-order valence-electron chi connectivity index (χ1n) is 5.90. The molecule has 0 aliphatic carbocycles. The van der Waals surface area contributed by atoms with Crippen molar-refractivity contribution in [2.45, 2.75) is 19.6 Å². The molecule has 17 heavy (non-hydrogen) atoms. The van der Waals surface area contributed by atoms with E-state index in [2.05, 4.69) is 4.90 Å². The Labute approximate surface area is 102 Å². The van der Waals surface area contributed by atoms with E-state index in [0.717, 1.165) is 12.1 Å². The fourth-order valence-electron chi connectivity index (χ4n) is 1.79. The van der Waals surface area contributed by atoms with Gasteiger partial charge < -0.3 is 10.5 Å². The molecular formula is C13H21FN2O. The summed E-state index contributed by atoms with van der Waals surface area (Å²) in [6.07, 6.45) is 0.0403. The van der Waals surface area contributed by atoms with Crippen LogP contribution in [0.3, 0.4) is 0 Å². The van der Waals surface area contributed by atoms with Crippen molar-refractivity contribution in [2.24, 2.45) is 5.73 Å². The van der Waals surface area contributed by atoms with Crippen LogP contribution in [0.1, 0.15) is 12.5 Å². The summed E-state index contributed by atoms with van der Waals surface area (Å²) < 4.78 is 18.5. The Bertz CT molecular complexity index is 333. The van der Waals surface area contributed by atoms with Gasteiger partial charge in [0.2, 0.25) is 0 Å². The molecule has 0 aliphatic heterocycles. The smallest absolute Gasteiger partial charge is 0.123 e. The largest absolute Gasteiger partial charge is 0.376 e. The molecule has 3 nitrogen and oxygen atoms in total. The lowest BCUT2D eigenvalue weighted by Gasteiger charge is -2.23. The molecule has 0 amide bonds. The topological polar surface area (TPSA) is 38.5 Å². The van der Waals surface area contributed by atoms with Crippen LogP contribution in [0.5, 0.6) is 0 Å². The highest BCUT2D eigenvalue weighted by molar-refractivity contribution is 5.16. The Balaban J connectivity index is 2.45. The van der Waals surface area contributed by atoms with Crippen molar-refractivity contribution in [1.82, 2.24) is 4.90 Å². The molecule has 0 aromatic heterocycles. The van der Waals surface area contributed by atoms with E-state index in [9.17, 15) is 4.39 Å². The molecule has 96 valence electrons. The van der Waals surface area contributed by atoms with Crippen LogP contribution in [0.15, 0.2) is 24.3 Å². The number of likely N-dealkylation sites (N-methyl/N-ethyl adjacent to an activating group) is 1. The second-order valence-electron chi connectivity index (χ2n) is 4.14. The second-order valence-corrected chi connectivity index (χ2v) is 4.14. The molecule has 0 aliphatic rings. The fraction of sp³-hybridized carbons (Fsp3) is 0.538. The number of hydrogen-bond donors (Lipinski definition) is 1. The van der Waals surface area contributed by atoms with E-state index in [0.29, 0.717) is 19.7 Å². The Morgan fingerprint density at radius 2 is 2.24 bits per heavy atom. The molecule has 2 N–H and O–H groups in total. The van der Waals surface area contributed by atoms with Gasteiger partial charge in [0.05, 0.1) is 6.10 Å². The van der Waals surface area contributed by atoms with E-state index < -0.39 is 0 Å². The number of ether oxygens (including phenoxy) is 1. The summed E-state index contributed by atoms with van der Waals surface area (Å²) in [6, 6.07) is 6.64. The summed E-state index contributed by atoms with van der Waals surface area (Å²) in [5.74, 6) is -0.198. The average Bonchev–Trinajstić information content (AvgIpc) is 2.28. The van der Waals surface area contributed by atoms with E-state index in [1.165, 1.54) is 6.07 Å². The predicted octanol–water partition coefficient (Wildman–Crippen LogP) is 1.62. The Morgan fingerprint density at radius 3 is 2.82 bits per heavy atom. The zero-order chi connectivity index (χ0) is 12.7. The maximum atomic E-state index is 13.0. The summed E-state index contributed by atoms with van der Waals surface area (Å²) in [6.45, 7) is 4.56. The van der Waals surface area contributed by atoms with Crippen molar-refractivity contribution >= 4 is 0 Å². The normalized spacial score (nSPS) is 13.0. The fourth-order valence-corrected chi connectivity index (χ4v) is 1.79. The highest BCUT2D eigenvalue weighted by atomic mass is 19.1. The molecule has 1 unspecified atom stereocenters. The van der Waals surface area contributed by atoms with Crippen LogP contribution in [0, 0.1) is 5.82 Å². The number of benzene rings is 1. The molecule has 4 heteroatoms. The van der Waals surface area contributed by atoms with Gasteiger partial charge in [-0.1, -0.05) is 12.1 Å². The van der Waals surface area contributed by atoms with Gasteiger partial charge in [0.1, 0.15) is 5.82 Å². The van der Waals surface area contributed by atoms with Gasteiger partial charge in [0, 0.05) is 26.2 Å². The highest BCUT2D eigenvalue weighted by Gasteiger charge is 2.10. The van der Waals surface area contributed by atoms with Gasteiger partial charge in [-0.3, -0.25) is 4.90 Å². The van der Waals surface area contributed by atoms with Crippen LogP contribution >= 0.6 is 0 Å². The van der Waals surface area contributed by atoms with E-state index in [1.807, 2.05) is 20.0 Å². The molecular weight excluding hydrogens is 219 g/mol. The molecule has 0 saturated carbocycles. The van der Waals surface area contributed by atoms with Crippen molar-refractivity contribution in [3.8, 4) is 0 Å². The van der Waals surface area contributed by atoms with Crippen LogP contribution in [-0.2, 0) is 11.3 Å². The maximum absolute atomic E-state index is 13.0. The lowest BCUT2D eigenvalue weighted by molar-refractivity contribution is 0.0437. The van der Waals surface area contributed by atoms with Gasteiger partial charge in [-0.15, -0.1) is 0 Å². The molecule has 0 radical (unpaired) electrons. The minimum absolute atomic E-state index is 0.0403. The van der Waals surface area contributed by atoms with Gasteiger partial charge in [0.15, 0.2) is 0 Å². The van der Waals surface area contributed by atoms with Crippen molar-refractivity contribution in [3.05, 3.63) is 35.6 Å². The van der Waals surface area contributed by atoms with Crippen molar-refractivity contribution in [1.29, 1.82) is 0 Å². The van der Waals surface area contributed by atoms with E-state index in [1.54, 1.807) is 12.1 Å². The van der Waals surface area contributed by atoms with Crippen LogP contribution in [-0.4, -0.2) is 37.7 Å². The van der Waals surface area contributed by atoms with E-state index in [-0.39, 0.29) is 11.9 Å². The highest BCUT2D eigenvalue weighted by Crippen LogP contribution is 2.07. The minimum Gasteiger partial charge on any atom is -0.376 e. The van der Waals surface area contributed by atoms with Gasteiger partial charge in [-0.25, -0.2) is 4.39 Å². The Kier molecular flexibility index (Phi) is 6.11. The molecule has 0 fully saturated rings. The molecule has 0 saturated heterocycles. The third-order valence-electron chi connectivity index (χ3n) is 2.52. The molecule has 1 aromatic carbocycles. The summed E-state index contributed by atoms with van der Waals surface area (Å²) >= 11 is 0. The second kappa shape index (κ2) is 7.37. The third-order valence-corrected chi connectivity index (χ3v) is 2.52. The third kappa shape index (κ3) is 5.26. The van der Waals surface area contributed by atoms with Gasteiger partial charge >= 0.3 is 0 Å². The molecule has 0 bridgehead atoms. The number of nitrogens with zero attached hydrogens (tertiary/aromatic N) is 1. The zero-order valence-electron chi connectivity index (χ0n) is 10.5. The van der Waals surface area contributed by atoms with Gasteiger partial charge in [-0.2, -0.15) is 0 Å². The summed E-state index contributed by atoms with van der Waals surface area (Å²) in [5, 5.41) is 0. The molecule has 0 spiro atoms. The first-order chi connectivity index (χ1) is 8.15. The lowest BCUT2D eigenvalue weighted by atomic mass is 10.2. The predicted molar refractivity (Wildman–Crippen MR) is 67.2 cm³/mol. The molecule has 1 rings (SSSR count). The zero-order valence-corrected chi connectivity index (χ0v) is 10.5. The first-order valence-corrected chi connectivity index (χ1v) is 5.90. The van der Waals surface area contributed by atoms with Crippen LogP contribution in [0.25, 0.3) is 0 Å². The molecule has 0 heterocycles. The van der Waals surface area contributed by atoms with E-state index >= 15 is 0 Å². The summed E-state index contributed by atoms with van der Waals surface area (Å²) in [7, 11) is 1.98. The summed E-state index contributed by atoms with van der Waals surface area (Å²) in [4.78, 5) is 2.09. The number of hydrogen-bond acceptors (Lipinski definition) is 3.